The molecule has 2 amide bonds. The van der Waals surface area contributed by atoms with Crippen molar-refractivity contribution in [1.82, 2.24) is 24.8 Å². The second-order valence-corrected chi connectivity index (χ2v) is 6.97. The smallest absolute Gasteiger partial charge is 0.249 e. The Labute approximate surface area is 145 Å². The predicted molar refractivity (Wildman–Crippen MR) is 85.6 cm³/mol. The van der Waals surface area contributed by atoms with Crippen molar-refractivity contribution in [3.63, 3.8) is 0 Å². The number of hydrogen-bond donors (Lipinski definition) is 0. The minimum Gasteiger partial charge on any atom is -0.370 e. The second-order valence-electron chi connectivity index (χ2n) is 6.97. The van der Waals surface area contributed by atoms with E-state index in [9.17, 15) is 9.59 Å². The maximum absolute atomic E-state index is 12.6. The Hall–Kier alpha value is -2.00. The number of carbonyl (C=O) groups excluding carboxylic acids is 2. The molecule has 1 aromatic rings. The molecule has 0 radical (unpaired) electrons. The number of morpholine rings is 1. The van der Waals surface area contributed by atoms with E-state index in [0.29, 0.717) is 38.0 Å². The number of aromatic nitrogens is 2. The van der Waals surface area contributed by atoms with Crippen molar-refractivity contribution in [3.8, 4) is 0 Å². The van der Waals surface area contributed by atoms with Gasteiger partial charge in [0.05, 0.1) is 13.2 Å². The van der Waals surface area contributed by atoms with Crippen LogP contribution in [-0.4, -0.2) is 89.6 Å². The van der Waals surface area contributed by atoms with Crippen LogP contribution in [0.4, 0.5) is 0 Å². The Kier molecular flexibility index (Phi) is 4.43. The molecular weight excluding hydrogens is 326 g/mol. The highest BCUT2D eigenvalue weighted by Gasteiger charge is 2.35. The number of hydrogen-bond acceptors (Lipinski definition) is 7. The second kappa shape index (κ2) is 6.72. The van der Waals surface area contributed by atoms with Crippen LogP contribution >= 0.6 is 0 Å². The van der Waals surface area contributed by atoms with Gasteiger partial charge in [-0.15, -0.1) is 0 Å². The topological polar surface area (TPSA) is 92.0 Å². The highest BCUT2D eigenvalue weighted by molar-refractivity contribution is 5.85. The molecule has 9 heteroatoms. The van der Waals surface area contributed by atoms with Gasteiger partial charge in [0.2, 0.25) is 17.7 Å². The van der Waals surface area contributed by atoms with Crippen LogP contribution in [0.15, 0.2) is 4.52 Å². The summed E-state index contributed by atoms with van der Waals surface area (Å²) in [6, 6.07) is -0.0990. The molecule has 4 rings (SSSR count). The van der Waals surface area contributed by atoms with Crippen molar-refractivity contribution < 1.29 is 18.8 Å². The molecule has 3 aliphatic rings. The van der Waals surface area contributed by atoms with Crippen molar-refractivity contribution in [2.24, 2.45) is 0 Å². The molecule has 1 atom stereocenters. The Morgan fingerprint density at radius 1 is 1.28 bits per heavy atom. The third kappa shape index (κ3) is 3.52. The van der Waals surface area contributed by atoms with Gasteiger partial charge in [0.15, 0.2) is 5.82 Å². The van der Waals surface area contributed by atoms with E-state index < -0.39 is 0 Å². The lowest BCUT2D eigenvalue weighted by Crippen LogP contribution is -2.53. The van der Waals surface area contributed by atoms with E-state index in [0.717, 1.165) is 25.2 Å². The molecule has 9 nitrogen and oxygen atoms in total. The predicted octanol–water partition coefficient (Wildman–Crippen LogP) is -0.379. The summed E-state index contributed by atoms with van der Waals surface area (Å²) in [4.78, 5) is 34.5. The van der Waals surface area contributed by atoms with E-state index in [1.165, 1.54) is 0 Å². The van der Waals surface area contributed by atoms with Gasteiger partial charge in [0.25, 0.3) is 0 Å². The molecule has 2 saturated heterocycles. The molecule has 2 aliphatic heterocycles. The summed E-state index contributed by atoms with van der Waals surface area (Å²) >= 11 is 0. The van der Waals surface area contributed by atoms with Crippen molar-refractivity contribution in [1.29, 1.82) is 0 Å². The summed E-state index contributed by atoms with van der Waals surface area (Å²) < 4.78 is 10.6. The zero-order valence-corrected chi connectivity index (χ0v) is 14.4. The number of amides is 2. The van der Waals surface area contributed by atoms with Crippen LogP contribution in [0.2, 0.25) is 0 Å². The van der Waals surface area contributed by atoms with Gasteiger partial charge in [-0.1, -0.05) is 5.16 Å². The summed E-state index contributed by atoms with van der Waals surface area (Å²) in [5.41, 5.74) is 0. The van der Waals surface area contributed by atoms with Crippen molar-refractivity contribution in [2.45, 2.75) is 24.8 Å². The molecule has 25 heavy (non-hydrogen) atoms. The molecule has 1 aromatic heterocycles. The maximum Gasteiger partial charge on any atom is 0.249 e. The average Bonchev–Trinajstić information content (AvgIpc) is 3.35. The highest BCUT2D eigenvalue weighted by Crippen LogP contribution is 2.38. The van der Waals surface area contributed by atoms with Gasteiger partial charge in [0, 0.05) is 32.1 Å². The molecule has 1 aliphatic carbocycles. The lowest BCUT2D eigenvalue weighted by atomic mass is 10.1. The van der Waals surface area contributed by atoms with E-state index in [2.05, 4.69) is 15.0 Å². The summed E-state index contributed by atoms with van der Waals surface area (Å²) in [5.74, 6) is 1.62. The van der Waals surface area contributed by atoms with Crippen LogP contribution in [-0.2, 0) is 14.3 Å². The molecule has 1 unspecified atom stereocenters. The lowest BCUT2D eigenvalue weighted by molar-refractivity contribution is -0.149. The van der Waals surface area contributed by atoms with E-state index in [-0.39, 0.29) is 31.0 Å². The third-order valence-electron chi connectivity index (χ3n) is 5.10. The maximum atomic E-state index is 12.6. The molecular formula is C16H23N5O4. The van der Waals surface area contributed by atoms with E-state index >= 15 is 0 Å². The molecule has 3 fully saturated rings. The molecule has 1 saturated carbocycles. The monoisotopic (exact) mass is 349 g/mol. The zero-order chi connectivity index (χ0) is 17.4. The molecule has 136 valence electrons. The normalized spacial score (nSPS) is 25.5. The van der Waals surface area contributed by atoms with Crippen LogP contribution in [0.25, 0.3) is 0 Å². The van der Waals surface area contributed by atoms with Crippen molar-refractivity contribution in [2.75, 3.05) is 53.0 Å². The first-order valence-electron chi connectivity index (χ1n) is 8.79. The third-order valence-corrected chi connectivity index (χ3v) is 5.10. The van der Waals surface area contributed by atoms with Gasteiger partial charge < -0.3 is 19.1 Å². The first-order chi connectivity index (χ1) is 12.1. The van der Waals surface area contributed by atoms with Gasteiger partial charge in [-0.05, 0) is 19.9 Å². The van der Waals surface area contributed by atoms with Crippen LogP contribution < -0.4 is 0 Å². The first-order valence-corrected chi connectivity index (χ1v) is 8.79. The fourth-order valence-electron chi connectivity index (χ4n) is 3.24. The van der Waals surface area contributed by atoms with Crippen LogP contribution in [0.3, 0.4) is 0 Å². The summed E-state index contributed by atoms with van der Waals surface area (Å²) in [5, 5.41) is 4.08. The number of carbonyl (C=O) groups is 2. The van der Waals surface area contributed by atoms with Crippen molar-refractivity contribution in [3.05, 3.63) is 11.7 Å². The minimum atomic E-state index is -0.128. The van der Waals surface area contributed by atoms with Crippen molar-refractivity contribution >= 4 is 11.8 Å². The van der Waals surface area contributed by atoms with Crippen LogP contribution in [0.5, 0.6) is 0 Å². The van der Waals surface area contributed by atoms with E-state index in [1.54, 1.807) is 9.80 Å². The molecule has 3 heterocycles. The quantitative estimate of drug-likeness (QED) is 0.732. The Morgan fingerprint density at radius 3 is 2.88 bits per heavy atom. The summed E-state index contributed by atoms with van der Waals surface area (Å²) in [6.45, 7) is 2.98. The molecule has 0 N–H and O–H groups in total. The molecule has 0 spiro atoms. The Bertz CT molecular complexity index is 659. The number of nitrogens with zero attached hydrogens (tertiary/aromatic N) is 5. The van der Waals surface area contributed by atoms with Gasteiger partial charge in [-0.2, -0.15) is 4.98 Å². The number of piperazine rings is 1. The van der Waals surface area contributed by atoms with Crippen LogP contribution in [0.1, 0.15) is 36.5 Å². The summed E-state index contributed by atoms with van der Waals surface area (Å²) in [7, 11) is 2.00. The Morgan fingerprint density at radius 2 is 2.12 bits per heavy atom. The number of rotatable bonds is 4. The SMILES string of the molecule is CN1CCN(C(=O)CN2CCOCC2=O)CC1c1nc(C2CC2)no1. The largest absolute Gasteiger partial charge is 0.370 e. The fraction of sp³-hybridized carbons (Fsp3) is 0.750. The molecule has 0 bridgehead atoms. The van der Waals surface area contributed by atoms with Gasteiger partial charge in [-0.25, -0.2) is 0 Å². The molecule has 0 aromatic carbocycles. The number of likely N-dealkylation sites (N-methyl/N-ethyl adjacent to an activating group) is 1. The highest BCUT2D eigenvalue weighted by atomic mass is 16.5. The van der Waals surface area contributed by atoms with Gasteiger partial charge in [-0.3, -0.25) is 14.5 Å². The van der Waals surface area contributed by atoms with Crippen LogP contribution in [0, 0.1) is 0 Å². The first kappa shape index (κ1) is 16.5. The standard InChI is InChI=1S/C16H23N5O4/c1-19-4-5-20(13(22)9-21-6-7-24-10-14(21)23)8-12(19)16-17-15(18-25-16)11-2-3-11/h11-12H,2-10H2,1H3. The minimum absolute atomic E-state index is 0.0460. The lowest BCUT2D eigenvalue weighted by Gasteiger charge is -2.38. The Balaban J connectivity index is 1.40. The van der Waals surface area contributed by atoms with E-state index in [1.807, 2.05) is 7.05 Å². The van der Waals surface area contributed by atoms with Gasteiger partial charge >= 0.3 is 0 Å². The fourth-order valence-corrected chi connectivity index (χ4v) is 3.24. The van der Waals surface area contributed by atoms with Gasteiger partial charge in [0.1, 0.15) is 12.6 Å². The summed E-state index contributed by atoms with van der Waals surface area (Å²) in [6.07, 6.45) is 2.25. The number of ether oxygens (including phenoxy) is 1. The zero-order valence-electron chi connectivity index (χ0n) is 14.4. The average molecular weight is 349 g/mol. The van der Waals surface area contributed by atoms with E-state index in [4.69, 9.17) is 9.26 Å².